The Hall–Kier alpha value is -1.82. The van der Waals surface area contributed by atoms with Crippen LogP contribution in [0.4, 0.5) is 14.9 Å². The zero-order valence-electron chi connectivity index (χ0n) is 9.77. The minimum Gasteiger partial charge on any atom is -0.465 e. The number of aliphatic hydroxyl groups excluding tert-OH is 1. The minimum atomic E-state index is -1.16. The van der Waals surface area contributed by atoms with Crippen LogP contribution in [0.1, 0.15) is 5.56 Å². The van der Waals surface area contributed by atoms with Crippen LogP contribution in [0.15, 0.2) is 18.2 Å². The first kappa shape index (κ1) is 12.6. The molecule has 1 unspecified atom stereocenters. The van der Waals surface area contributed by atoms with Crippen molar-refractivity contribution in [1.82, 2.24) is 5.32 Å². The topological polar surface area (TPSA) is 72.8 Å². The second kappa shape index (κ2) is 5.22. The zero-order valence-corrected chi connectivity index (χ0v) is 9.77. The Kier molecular flexibility index (Phi) is 3.66. The predicted molar refractivity (Wildman–Crippen MR) is 64.4 cm³/mol. The highest BCUT2D eigenvalue weighted by atomic mass is 19.1. The van der Waals surface area contributed by atoms with E-state index < -0.39 is 12.1 Å². The monoisotopic (exact) mass is 254 g/mol. The van der Waals surface area contributed by atoms with Crippen LogP contribution < -0.4 is 10.2 Å². The average molecular weight is 254 g/mol. The lowest BCUT2D eigenvalue weighted by molar-refractivity contribution is 0.178. The van der Waals surface area contributed by atoms with Crippen LogP contribution in [0.25, 0.3) is 0 Å². The van der Waals surface area contributed by atoms with E-state index in [1.807, 2.05) is 4.90 Å². The van der Waals surface area contributed by atoms with E-state index in [2.05, 4.69) is 5.32 Å². The lowest BCUT2D eigenvalue weighted by Crippen LogP contribution is -2.45. The molecule has 0 aromatic heterocycles. The second-order valence-corrected chi connectivity index (χ2v) is 4.30. The molecule has 1 aliphatic rings. The summed E-state index contributed by atoms with van der Waals surface area (Å²) >= 11 is 0. The Morgan fingerprint density at radius 2 is 2.33 bits per heavy atom. The summed E-state index contributed by atoms with van der Waals surface area (Å²) in [5.74, 6) is -0.266. The van der Waals surface area contributed by atoms with Crippen LogP contribution in [-0.4, -0.2) is 42.0 Å². The van der Waals surface area contributed by atoms with Crippen molar-refractivity contribution in [2.24, 2.45) is 0 Å². The molecule has 6 heteroatoms. The van der Waals surface area contributed by atoms with Gasteiger partial charge in [0, 0.05) is 18.8 Å². The summed E-state index contributed by atoms with van der Waals surface area (Å²) in [7, 11) is 0. The number of carboxylic acid groups (broad SMARTS) is 1. The summed E-state index contributed by atoms with van der Waals surface area (Å²) in [6, 6.07) is 4.02. The molecule has 18 heavy (non-hydrogen) atoms. The predicted octanol–water partition coefficient (Wildman–Crippen LogP) is 0.817. The van der Waals surface area contributed by atoms with E-state index in [0.717, 1.165) is 17.7 Å². The van der Waals surface area contributed by atoms with Crippen molar-refractivity contribution in [3.63, 3.8) is 0 Å². The quantitative estimate of drug-likeness (QED) is 0.743. The maximum absolute atomic E-state index is 13.0. The summed E-state index contributed by atoms with van der Waals surface area (Å²) in [6.07, 6.45) is -0.425. The van der Waals surface area contributed by atoms with Crippen LogP contribution in [0.3, 0.4) is 0 Å². The van der Waals surface area contributed by atoms with Gasteiger partial charge >= 0.3 is 6.09 Å². The van der Waals surface area contributed by atoms with Crippen LogP contribution in [0.2, 0.25) is 0 Å². The van der Waals surface area contributed by atoms with Crippen LogP contribution in [-0.2, 0) is 6.42 Å². The number of rotatable bonds is 4. The fourth-order valence-electron chi connectivity index (χ4n) is 2.22. The number of carbonyl (C=O) groups is 1. The number of nitrogens with one attached hydrogen (secondary N) is 1. The van der Waals surface area contributed by atoms with Gasteiger partial charge in [-0.1, -0.05) is 0 Å². The van der Waals surface area contributed by atoms with Crippen molar-refractivity contribution in [2.75, 3.05) is 24.6 Å². The largest absolute Gasteiger partial charge is 0.465 e. The number of halogens is 1. The Balaban J connectivity index is 2.06. The molecular weight excluding hydrogens is 239 g/mol. The number of hydrogen-bond acceptors (Lipinski definition) is 3. The maximum atomic E-state index is 13.0. The molecule has 0 saturated heterocycles. The standard InChI is InChI=1S/C12H15FN2O3/c13-9-1-2-11-8(5-9)3-4-15(11)6-10(7-16)14-12(17)18/h1-2,5,10,14,16H,3-4,6-7H2,(H,17,18). The molecule has 0 fully saturated rings. The first-order chi connectivity index (χ1) is 8.60. The summed E-state index contributed by atoms with van der Waals surface area (Å²) in [6.45, 7) is 0.817. The van der Waals surface area contributed by atoms with Gasteiger partial charge in [0.1, 0.15) is 5.82 Å². The van der Waals surface area contributed by atoms with E-state index in [4.69, 9.17) is 10.2 Å². The van der Waals surface area contributed by atoms with Gasteiger partial charge in [0.2, 0.25) is 0 Å². The molecule has 2 rings (SSSR count). The van der Waals surface area contributed by atoms with Gasteiger partial charge in [-0.3, -0.25) is 0 Å². The molecule has 0 spiro atoms. The molecule has 3 N–H and O–H groups in total. The molecule has 0 aliphatic carbocycles. The summed E-state index contributed by atoms with van der Waals surface area (Å²) in [5, 5.41) is 20.0. The van der Waals surface area contributed by atoms with E-state index in [0.29, 0.717) is 13.1 Å². The Morgan fingerprint density at radius 3 is 3.00 bits per heavy atom. The van der Waals surface area contributed by atoms with Crippen LogP contribution >= 0.6 is 0 Å². The molecule has 1 amide bonds. The maximum Gasteiger partial charge on any atom is 0.405 e. The third-order valence-corrected chi connectivity index (χ3v) is 3.02. The van der Waals surface area contributed by atoms with Crippen molar-refractivity contribution in [2.45, 2.75) is 12.5 Å². The number of nitrogens with zero attached hydrogens (tertiary/aromatic N) is 1. The summed E-state index contributed by atoms with van der Waals surface area (Å²) < 4.78 is 13.0. The number of benzene rings is 1. The van der Waals surface area contributed by atoms with Crippen molar-refractivity contribution in [1.29, 1.82) is 0 Å². The van der Waals surface area contributed by atoms with Gasteiger partial charge in [-0.2, -0.15) is 0 Å². The molecule has 0 radical (unpaired) electrons. The number of amides is 1. The zero-order chi connectivity index (χ0) is 13.1. The van der Waals surface area contributed by atoms with E-state index in [9.17, 15) is 9.18 Å². The molecule has 0 saturated carbocycles. The Labute approximate surface area is 104 Å². The highest BCUT2D eigenvalue weighted by Gasteiger charge is 2.22. The van der Waals surface area contributed by atoms with Gasteiger partial charge in [-0.05, 0) is 30.2 Å². The van der Waals surface area contributed by atoms with Gasteiger partial charge in [-0.25, -0.2) is 9.18 Å². The van der Waals surface area contributed by atoms with Gasteiger partial charge < -0.3 is 20.4 Å². The summed E-state index contributed by atoms with van der Waals surface area (Å²) in [4.78, 5) is 12.5. The lowest BCUT2D eigenvalue weighted by atomic mass is 10.1. The lowest BCUT2D eigenvalue weighted by Gasteiger charge is -2.24. The number of aliphatic hydroxyl groups is 1. The van der Waals surface area contributed by atoms with Gasteiger partial charge in [0.05, 0.1) is 12.6 Å². The fraction of sp³-hybridized carbons (Fsp3) is 0.417. The molecule has 1 heterocycles. The molecule has 0 bridgehead atoms. The highest BCUT2D eigenvalue weighted by Crippen LogP contribution is 2.28. The normalized spacial score (nSPS) is 15.3. The third kappa shape index (κ3) is 2.70. The van der Waals surface area contributed by atoms with E-state index in [1.165, 1.54) is 12.1 Å². The van der Waals surface area contributed by atoms with Crippen molar-refractivity contribution >= 4 is 11.8 Å². The first-order valence-corrected chi connectivity index (χ1v) is 5.74. The summed E-state index contributed by atoms with van der Waals surface area (Å²) in [5.41, 5.74) is 1.82. The van der Waals surface area contributed by atoms with Crippen LogP contribution in [0, 0.1) is 5.82 Å². The third-order valence-electron chi connectivity index (χ3n) is 3.02. The Morgan fingerprint density at radius 1 is 1.56 bits per heavy atom. The smallest absolute Gasteiger partial charge is 0.405 e. The molecule has 1 aliphatic heterocycles. The number of anilines is 1. The van der Waals surface area contributed by atoms with Crippen molar-refractivity contribution in [3.8, 4) is 0 Å². The van der Waals surface area contributed by atoms with E-state index in [-0.39, 0.29) is 12.4 Å². The number of hydrogen-bond donors (Lipinski definition) is 3. The van der Waals surface area contributed by atoms with Crippen molar-refractivity contribution in [3.05, 3.63) is 29.6 Å². The first-order valence-electron chi connectivity index (χ1n) is 5.74. The molecular formula is C12H15FN2O3. The highest BCUT2D eigenvalue weighted by molar-refractivity contribution is 5.65. The van der Waals surface area contributed by atoms with Crippen molar-refractivity contribution < 1.29 is 19.4 Å². The Bertz CT molecular complexity index is 453. The molecule has 5 nitrogen and oxygen atoms in total. The fourth-order valence-corrected chi connectivity index (χ4v) is 2.22. The second-order valence-electron chi connectivity index (χ2n) is 4.30. The van der Waals surface area contributed by atoms with Gasteiger partial charge in [0.15, 0.2) is 0 Å². The van der Waals surface area contributed by atoms with Gasteiger partial charge in [0.25, 0.3) is 0 Å². The van der Waals surface area contributed by atoms with E-state index in [1.54, 1.807) is 6.07 Å². The van der Waals surface area contributed by atoms with E-state index >= 15 is 0 Å². The average Bonchev–Trinajstić information content (AvgIpc) is 2.70. The number of fused-ring (bicyclic) bond motifs is 1. The molecule has 98 valence electrons. The molecule has 1 aromatic rings. The minimum absolute atomic E-state index is 0.265. The molecule has 1 aromatic carbocycles. The SMILES string of the molecule is O=C(O)NC(CO)CN1CCc2cc(F)ccc21. The van der Waals surface area contributed by atoms with Gasteiger partial charge in [-0.15, -0.1) is 0 Å². The molecule has 1 atom stereocenters. The van der Waals surface area contributed by atoms with Crippen LogP contribution in [0.5, 0.6) is 0 Å².